The van der Waals surface area contributed by atoms with E-state index in [9.17, 15) is 9.90 Å². The Kier molecular flexibility index (Phi) is 5.23. The zero-order chi connectivity index (χ0) is 19.6. The number of fused-ring (bicyclic) bond motifs is 3. The van der Waals surface area contributed by atoms with E-state index in [1.807, 2.05) is 36.4 Å². The van der Waals surface area contributed by atoms with E-state index in [1.54, 1.807) is 24.3 Å². The van der Waals surface area contributed by atoms with Crippen molar-refractivity contribution >= 4 is 5.97 Å². The van der Waals surface area contributed by atoms with Crippen molar-refractivity contribution in [2.75, 3.05) is 32.7 Å². The van der Waals surface area contributed by atoms with Crippen LogP contribution in [0, 0.1) is 5.92 Å². The largest absolute Gasteiger partial charge is 0.453 e. The van der Waals surface area contributed by atoms with Gasteiger partial charge >= 0.3 is 5.97 Å². The van der Waals surface area contributed by atoms with Crippen molar-refractivity contribution in [3.63, 3.8) is 0 Å². The van der Waals surface area contributed by atoms with Crippen LogP contribution in [0.3, 0.4) is 0 Å². The second-order valence-corrected chi connectivity index (χ2v) is 8.21. The van der Waals surface area contributed by atoms with Gasteiger partial charge in [-0.1, -0.05) is 60.7 Å². The summed E-state index contributed by atoms with van der Waals surface area (Å²) in [5.74, 6) is -0.216. The van der Waals surface area contributed by atoms with Gasteiger partial charge in [0.05, 0.1) is 19.6 Å². The molecular formula is C23H29N2O3+. The van der Waals surface area contributed by atoms with Crippen LogP contribution in [-0.2, 0) is 15.1 Å². The van der Waals surface area contributed by atoms with E-state index in [2.05, 4.69) is 0 Å². The predicted octanol–water partition coefficient (Wildman–Crippen LogP) is 2.03. The first-order chi connectivity index (χ1) is 13.6. The molecule has 5 nitrogen and oxygen atoms in total. The van der Waals surface area contributed by atoms with Crippen LogP contribution < -0.4 is 5.73 Å². The van der Waals surface area contributed by atoms with Gasteiger partial charge in [-0.05, 0) is 11.1 Å². The molecule has 2 aromatic carbocycles. The van der Waals surface area contributed by atoms with E-state index in [0.29, 0.717) is 23.6 Å². The number of piperidine rings is 3. The van der Waals surface area contributed by atoms with Crippen LogP contribution in [0.5, 0.6) is 0 Å². The molecule has 148 valence electrons. The van der Waals surface area contributed by atoms with Crippen molar-refractivity contribution in [3.05, 3.63) is 71.8 Å². The monoisotopic (exact) mass is 381 g/mol. The summed E-state index contributed by atoms with van der Waals surface area (Å²) in [5, 5.41) is 11.6. The van der Waals surface area contributed by atoms with Crippen LogP contribution in [0.25, 0.3) is 0 Å². The molecular weight excluding hydrogens is 352 g/mol. The van der Waals surface area contributed by atoms with E-state index in [4.69, 9.17) is 10.5 Å². The zero-order valence-corrected chi connectivity index (χ0v) is 16.2. The normalized spacial score (nSPS) is 26.8. The lowest BCUT2D eigenvalue weighted by Gasteiger charge is -2.52. The van der Waals surface area contributed by atoms with Crippen molar-refractivity contribution in [2.24, 2.45) is 11.7 Å². The van der Waals surface area contributed by atoms with E-state index in [1.165, 1.54) is 0 Å². The molecule has 2 bridgehead atoms. The minimum absolute atomic E-state index is 0.166. The highest BCUT2D eigenvalue weighted by Crippen LogP contribution is 2.38. The van der Waals surface area contributed by atoms with Gasteiger partial charge in [0.25, 0.3) is 0 Å². The van der Waals surface area contributed by atoms with E-state index >= 15 is 0 Å². The highest BCUT2D eigenvalue weighted by molar-refractivity contribution is 5.85. The van der Waals surface area contributed by atoms with Gasteiger partial charge < -0.3 is 20.1 Å². The van der Waals surface area contributed by atoms with Gasteiger partial charge in [0.1, 0.15) is 6.54 Å². The number of hydrogen-bond acceptors (Lipinski definition) is 4. The molecule has 5 heteroatoms. The van der Waals surface area contributed by atoms with Crippen LogP contribution >= 0.6 is 0 Å². The van der Waals surface area contributed by atoms with Crippen molar-refractivity contribution in [3.8, 4) is 0 Å². The Bertz CT molecular complexity index is 756. The first kappa shape index (κ1) is 19.1. The third-order valence-corrected chi connectivity index (χ3v) is 6.58. The number of nitrogens with two attached hydrogens (primary N) is 1. The van der Waals surface area contributed by atoms with Crippen molar-refractivity contribution < 1.29 is 19.1 Å². The Labute approximate surface area is 166 Å². The molecule has 0 amide bonds. The Morgan fingerprint density at radius 1 is 1.04 bits per heavy atom. The number of nitrogens with zero attached hydrogens (tertiary/aromatic N) is 1. The fourth-order valence-corrected chi connectivity index (χ4v) is 4.93. The van der Waals surface area contributed by atoms with Gasteiger partial charge in [0, 0.05) is 25.3 Å². The molecule has 1 atom stereocenters. The van der Waals surface area contributed by atoms with Crippen molar-refractivity contribution in [1.82, 2.24) is 0 Å². The number of rotatable bonds is 6. The second kappa shape index (κ2) is 7.66. The minimum Gasteiger partial charge on any atom is -0.453 e. The van der Waals surface area contributed by atoms with Crippen LogP contribution in [0.1, 0.15) is 24.0 Å². The summed E-state index contributed by atoms with van der Waals surface area (Å²) in [6.07, 6.45) is 1.93. The quantitative estimate of drug-likeness (QED) is 0.593. The highest BCUT2D eigenvalue weighted by Gasteiger charge is 2.50. The lowest BCUT2D eigenvalue weighted by molar-refractivity contribution is -0.944. The summed E-state index contributed by atoms with van der Waals surface area (Å²) < 4.78 is 6.96. The number of carbonyl (C=O) groups excluding carboxylic acids is 1. The molecule has 3 N–H and O–H groups in total. The SMILES string of the molecule is NCC[N+]12CCC(CC1)[C@@H](OC(=O)C(O)(c1ccccc1)c1ccccc1)C2. The van der Waals surface area contributed by atoms with Crippen LogP contribution in [0.4, 0.5) is 0 Å². The molecule has 3 heterocycles. The van der Waals surface area contributed by atoms with Crippen LogP contribution in [0.15, 0.2) is 60.7 Å². The van der Waals surface area contributed by atoms with Gasteiger partial charge in [0.15, 0.2) is 6.10 Å². The number of esters is 1. The third kappa shape index (κ3) is 3.34. The Hall–Kier alpha value is -2.21. The highest BCUT2D eigenvalue weighted by atomic mass is 16.6. The number of quaternary nitrogens is 1. The van der Waals surface area contributed by atoms with Crippen molar-refractivity contribution in [2.45, 2.75) is 24.5 Å². The molecule has 0 unspecified atom stereocenters. The van der Waals surface area contributed by atoms with Crippen LogP contribution in [0.2, 0.25) is 0 Å². The predicted molar refractivity (Wildman–Crippen MR) is 107 cm³/mol. The molecule has 28 heavy (non-hydrogen) atoms. The van der Waals surface area contributed by atoms with Crippen LogP contribution in [-0.4, -0.2) is 54.4 Å². The molecule has 0 aromatic heterocycles. The molecule has 0 radical (unpaired) electrons. The molecule has 3 aliphatic rings. The number of aliphatic hydroxyl groups is 1. The minimum atomic E-state index is -1.81. The standard InChI is InChI=1S/C23H29N2O3/c24-13-16-25-14-11-18(12-15-25)21(17-25)28-22(26)23(27,19-7-3-1-4-8-19)20-9-5-2-6-10-20/h1-10,18,21,27H,11-17,24H2/q+1/t18?,21-,25?/m0/s1. The van der Waals surface area contributed by atoms with Crippen molar-refractivity contribution in [1.29, 1.82) is 0 Å². The topological polar surface area (TPSA) is 72.5 Å². The first-order valence-electron chi connectivity index (χ1n) is 10.2. The molecule has 3 fully saturated rings. The summed E-state index contributed by atoms with van der Waals surface area (Å²) in [6, 6.07) is 18.1. The Morgan fingerprint density at radius 3 is 2.07 bits per heavy atom. The lowest BCUT2D eigenvalue weighted by atomic mass is 9.82. The van der Waals surface area contributed by atoms with E-state index in [0.717, 1.165) is 43.5 Å². The average Bonchev–Trinajstić information content (AvgIpc) is 2.75. The third-order valence-electron chi connectivity index (χ3n) is 6.58. The number of ether oxygens (including phenoxy) is 1. The average molecular weight is 381 g/mol. The van der Waals surface area contributed by atoms with E-state index in [-0.39, 0.29) is 6.10 Å². The van der Waals surface area contributed by atoms with Gasteiger partial charge in [-0.15, -0.1) is 0 Å². The molecule has 3 saturated heterocycles. The maximum atomic E-state index is 13.4. The molecule has 3 aliphatic heterocycles. The molecule has 2 aromatic rings. The van der Waals surface area contributed by atoms with Gasteiger partial charge in [-0.2, -0.15) is 0 Å². The zero-order valence-electron chi connectivity index (χ0n) is 16.2. The number of carbonyl (C=O) groups is 1. The number of hydrogen-bond donors (Lipinski definition) is 2. The molecule has 0 saturated carbocycles. The lowest BCUT2D eigenvalue weighted by Crippen LogP contribution is -2.66. The fraction of sp³-hybridized carbons (Fsp3) is 0.435. The van der Waals surface area contributed by atoms with Gasteiger partial charge in [-0.3, -0.25) is 0 Å². The maximum absolute atomic E-state index is 13.4. The Balaban J connectivity index is 1.62. The summed E-state index contributed by atoms with van der Waals surface area (Å²) in [5.41, 5.74) is 5.08. The smallest absolute Gasteiger partial charge is 0.348 e. The Morgan fingerprint density at radius 2 is 1.57 bits per heavy atom. The second-order valence-electron chi connectivity index (χ2n) is 8.21. The number of benzene rings is 2. The molecule has 0 aliphatic carbocycles. The summed E-state index contributed by atoms with van der Waals surface area (Å²) in [6.45, 7) is 4.58. The summed E-state index contributed by atoms with van der Waals surface area (Å²) >= 11 is 0. The maximum Gasteiger partial charge on any atom is 0.348 e. The summed E-state index contributed by atoms with van der Waals surface area (Å²) in [4.78, 5) is 13.4. The van der Waals surface area contributed by atoms with Gasteiger partial charge in [-0.25, -0.2) is 4.79 Å². The van der Waals surface area contributed by atoms with Gasteiger partial charge in [0.2, 0.25) is 5.60 Å². The first-order valence-corrected chi connectivity index (χ1v) is 10.2. The molecule has 0 spiro atoms. The molecule has 5 rings (SSSR count). The van der Waals surface area contributed by atoms with E-state index < -0.39 is 11.6 Å². The fourth-order valence-electron chi connectivity index (χ4n) is 4.93. The summed E-state index contributed by atoms with van der Waals surface area (Å²) in [7, 11) is 0.